The molecule has 0 aliphatic heterocycles. The first kappa shape index (κ1) is 20.8. The van der Waals surface area contributed by atoms with Crippen LogP contribution in [0.2, 0.25) is 0 Å². The zero-order valence-electron chi connectivity index (χ0n) is 15.6. The molecule has 0 bridgehead atoms. The number of amides is 1. The number of carbonyl (C=O) groups excluding carboxylic acids is 2. The van der Waals surface area contributed by atoms with Crippen molar-refractivity contribution >= 4 is 17.6 Å². The summed E-state index contributed by atoms with van der Waals surface area (Å²) in [5.41, 5.74) is -1.17. The molecule has 0 radical (unpaired) electrons. The lowest BCUT2D eigenvalue weighted by Crippen LogP contribution is -2.40. The standard InChI is InChI=1S/C21H19F4NO3/c1-12(19(27)26-16-8-7-15(23)17(24)18(16)25)29-20(28)21(9-2-3-10-21)13-5-4-6-14(22)11-13/h4-8,11-12H,2-3,9-10H2,1H3,(H,26,27)/t12-/m1/s1. The summed E-state index contributed by atoms with van der Waals surface area (Å²) in [4.78, 5) is 25.2. The number of anilines is 1. The van der Waals surface area contributed by atoms with E-state index in [1.54, 1.807) is 6.07 Å². The molecule has 1 amide bonds. The minimum atomic E-state index is -1.72. The molecule has 2 aromatic rings. The number of hydrogen-bond donors (Lipinski definition) is 1. The fraction of sp³-hybridized carbons (Fsp3) is 0.333. The molecular weight excluding hydrogens is 390 g/mol. The van der Waals surface area contributed by atoms with Crippen LogP contribution < -0.4 is 5.32 Å². The number of ether oxygens (including phenoxy) is 1. The second kappa shape index (κ2) is 8.23. The van der Waals surface area contributed by atoms with Crippen molar-refractivity contribution in [3.63, 3.8) is 0 Å². The molecule has 0 unspecified atom stereocenters. The lowest BCUT2D eigenvalue weighted by molar-refractivity contribution is -0.159. The maximum absolute atomic E-state index is 13.7. The van der Waals surface area contributed by atoms with Crippen molar-refractivity contribution in [3.8, 4) is 0 Å². The van der Waals surface area contributed by atoms with E-state index >= 15 is 0 Å². The maximum atomic E-state index is 13.7. The molecular formula is C21H19F4NO3. The maximum Gasteiger partial charge on any atom is 0.317 e. The summed E-state index contributed by atoms with van der Waals surface area (Å²) >= 11 is 0. The molecule has 0 saturated heterocycles. The van der Waals surface area contributed by atoms with Crippen molar-refractivity contribution in [2.24, 2.45) is 0 Å². The molecule has 0 heterocycles. The summed E-state index contributed by atoms with van der Waals surface area (Å²) in [7, 11) is 0. The molecule has 1 atom stereocenters. The first-order valence-electron chi connectivity index (χ1n) is 9.16. The third-order valence-corrected chi connectivity index (χ3v) is 5.17. The Hall–Kier alpha value is -2.90. The number of nitrogens with one attached hydrogen (secondary N) is 1. The summed E-state index contributed by atoms with van der Waals surface area (Å²) in [6.45, 7) is 1.28. The van der Waals surface area contributed by atoms with Crippen molar-refractivity contribution in [3.05, 3.63) is 65.2 Å². The van der Waals surface area contributed by atoms with Crippen molar-refractivity contribution in [1.29, 1.82) is 0 Å². The highest BCUT2D eigenvalue weighted by Crippen LogP contribution is 2.42. The number of hydrogen-bond acceptors (Lipinski definition) is 3. The summed E-state index contributed by atoms with van der Waals surface area (Å²) in [5, 5.41) is 2.08. The van der Waals surface area contributed by atoms with Gasteiger partial charge in [0.25, 0.3) is 5.91 Å². The molecule has 1 aliphatic rings. The van der Waals surface area contributed by atoms with Gasteiger partial charge in [-0.3, -0.25) is 9.59 Å². The van der Waals surface area contributed by atoms with E-state index in [1.165, 1.54) is 25.1 Å². The van der Waals surface area contributed by atoms with Crippen LogP contribution in [0.4, 0.5) is 23.2 Å². The Morgan fingerprint density at radius 2 is 1.72 bits per heavy atom. The van der Waals surface area contributed by atoms with Crippen molar-refractivity contribution in [2.75, 3.05) is 5.32 Å². The summed E-state index contributed by atoms with van der Waals surface area (Å²) in [5.74, 6) is -6.74. The Balaban J connectivity index is 1.75. The molecule has 4 nitrogen and oxygen atoms in total. The van der Waals surface area contributed by atoms with E-state index in [0.717, 1.165) is 18.9 Å². The van der Waals surface area contributed by atoms with Gasteiger partial charge in [0.15, 0.2) is 23.6 Å². The number of carbonyl (C=O) groups is 2. The molecule has 1 N–H and O–H groups in total. The van der Waals surface area contributed by atoms with Gasteiger partial charge in [-0.15, -0.1) is 0 Å². The Morgan fingerprint density at radius 3 is 2.38 bits per heavy atom. The SMILES string of the molecule is C[C@@H](OC(=O)C1(c2cccc(F)c2)CCCC1)C(=O)Nc1ccc(F)c(F)c1F. The predicted octanol–water partition coefficient (Wildman–Crippen LogP) is 4.63. The van der Waals surface area contributed by atoms with Gasteiger partial charge < -0.3 is 10.1 Å². The van der Waals surface area contributed by atoms with Gasteiger partial charge in [0.1, 0.15) is 5.82 Å². The van der Waals surface area contributed by atoms with Crippen LogP contribution in [0.25, 0.3) is 0 Å². The molecule has 154 valence electrons. The second-order valence-electron chi connectivity index (χ2n) is 7.06. The van der Waals surface area contributed by atoms with Crippen LogP contribution in [0.3, 0.4) is 0 Å². The van der Waals surface area contributed by atoms with Gasteiger partial charge in [-0.05, 0) is 49.6 Å². The lowest BCUT2D eigenvalue weighted by Gasteiger charge is -2.28. The highest BCUT2D eigenvalue weighted by atomic mass is 19.2. The molecule has 1 saturated carbocycles. The lowest BCUT2D eigenvalue weighted by atomic mass is 9.79. The van der Waals surface area contributed by atoms with E-state index in [-0.39, 0.29) is 0 Å². The normalized spacial score (nSPS) is 16.3. The molecule has 1 fully saturated rings. The van der Waals surface area contributed by atoms with Crippen molar-refractivity contribution in [2.45, 2.75) is 44.1 Å². The number of esters is 1. The molecule has 8 heteroatoms. The molecule has 3 rings (SSSR count). The average molecular weight is 409 g/mol. The van der Waals surface area contributed by atoms with Crippen LogP contribution in [0.1, 0.15) is 38.2 Å². The fourth-order valence-electron chi connectivity index (χ4n) is 3.56. The monoisotopic (exact) mass is 409 g/mol. The van der Waals surface area contributed by atoms with E-state index in [9.17, 15) is 27.2 Å². The number of benzene rings is 2. The highest BCUT2D eigenvalue weighted by molar-refractivity contribution is 5.96. The van der Waals surface area contributed by atoms with Crippen molar-refractivity contribution < 1.29 is 31.9 Å². The van der Waals surface area contributed by atoms with Gasteiger partial charge in [-0.2, -0.15) is 0 Å². The molecule has 1 aliphatic carbocycles. The Morgan fingerprint density at radius 1 is 1.03 bits per heavy atom. The topological polar surface area (TPSA) is 55.4 Å². The molecule has 29 heavy (non-hydrogen) atoms. The molecule has 0 aromatic heterocycles. The minimum absolute atomic E-state index is 0.446. The predicted molar refractivity (Wildman–Crippen MR) is 97.0 cm³/mol. The van der Waals surface area contributed by atoms with Crippen molar-refractivity contribution in [1.82, 2.24) is 0 Å². The van der Waals surface area contributed by atoms with Crippen LogP contribution in [-0.2, 0) is 19.7 Å². The Bertz CT molecular complexity index is 942. The second-order valence-corrected chi connectivity index (χ2v) is 7.06. The van der Waals surface area contributed by atoms with Gasteiger partial charge in [-0.1, -0.05) is 25.0 Å². The van der Waals surface area contributed by atoms with Crippen LogP contribution in [0, 0.1) is 23.3 Å². The van der Waals surface area contributed by atoms with Gasteiger partial charge >= 0.3 is 5.97 Å². The third-order valence-electron chi connectivity index (χ3n) is 5.17. The first-order valence-corrected chi connectivity index (χ1v) is 9.16. The van der Waals surface area contributed by atoms with Gasteiger partial charge in [0.2, 0.25) is 0 Å². The highest BCUT2D eigenvalue weighted by Gasteiger charge is 2.45. The Kier molecular flexibility index (Phi) is 5.91. The van der Waals surface area contributed by atoms with E-state index in [1.807, 2.05) is 0 Å². The number of halogens is 4. The minimum Gasteiger partial charge on any atom is -0.452 e. The molecule has 2 aromatic carbocycles. The zero-order chi connectivity index (χ0) is 21.2. The smallest absolute Gasteiger partial charge is 0.317 e. The quantitative estimate of drug-likeness (QED) is 0.445. The first-order chi connectivity index (χ1) is 13.7. The summed E-state index contributed by atoms with van der Waals surface area (Å²) in [6, 6.07) is 7.21. The van der Waals surface area contributed by atoms with Crippen LogP contribution in [0.15, 0.2) is 36.4 Å². The Labute approximate surface area is 164 Å². The van der Waals surface area contributed by atoms with Gasteiger partial charge in [0.05, 0.1) is 11.1 Å². The fourth-order valence-corrected chi connectivity index (χ4v) is 3.56. The van der Waals surface area contributed by atoms with Gasteiger partial charge in [0, 0.05) is 0 Å². The van der Waals surface area contributed by atoms with E-state index < -0.39 is 52.4 Å². The summed E-state index contributed by atoms with van der Waals surface area (Å²) in [6.07, 6.45) is 1.04. The largest absolute Gasteiger partial charge is 0.452 e. The number of rotatable bonds is 5. The van der Waals surface area contributed by atoms with E-state index in [4.69, 9.17) is 4.74 Å². The zero-order valence-corrected chi connectivity index (χ0v) is 15.6. The van der Waals surface area contributed by atoms with Gasteiger partial charge in [-0.25, -0.2) is 17.6 Å². The van der Waals surface area contributed by atoms with Crippen LogP contribution >= 0.6 is 0 Å². The third kappa shape index (κ3) is 4.11. The molecule has 0 spiro atoms. The van der Waals surface area contributed by atoms with E-state index in [2.05, 4.69) is 5.32 Å². The summed E-state index contributed by atoms with van der Waals surface area (Å²) < 4.78 is 59.0. The van der Waals surface area contributed by atoms with Crippen LogP contribution in [0.5, 0.6) is 0 Å². The van der Waals surface area contributed by atoms with Crippen LogP contribution in [-0.4, -0.2) is 18.0 Å². The average Bonchev–Trinajstić information content (AvgIpc) is 3.19. The van der Waals surface area contributed by atoms with E-state index in [0.29, 0.717) is 24.5 Å².